The van der Waals surface area contributed by atoms with Crippen LogP contribution in [-0.4, -0.2) is 75.2 Å². The third-order valence-electron chi connectivity index (χ3n) is 4.71. The number of rotatable bonds is 3. The highest BCUT2D eigenvalue weighted by molar-refractivity contribution is 14.0. The summed E-state index contributed by atoms with van der Waals surface area (Å²) in [5, 5.41) is 3.49. The monoisotopic (exact) mass is 424 g/mol. The van der Waals surface area contributed by atoms with Crippen LogP contribution in [0.4, 0.5) is 0 Å². The maximum atomic E-state index is 11.6. The van der Waals surface area contributed by atoms with Crippen LogP contribution in [0.15, 0.2) is 4.99 Å². The standard InChI is InChI=1S/C15H28N4O2.HI/c1-16-15(17-11-13-5-4-8-18(13)2)19-9-6-12(7-10-19)14(20)21-3;/h12-13H,4-11H2,1-3H3,(H,16,17);1H. The molecule has 2 rings (SSSR count). The molecule has 128 valence electrons. The zero-order valence-electron chi connectivity index (χ0n) is 13.9. The first-order chi connectivity index (χ1) is 10.2. The lowest BCUT2D eigenvalue weighted by Crippen LogP contribution is -2.49. The minimum atomic E-state index is -0.0785. The summed E-state index contributed by atoms with van der Waals surface area (Å²) in [5.74, 6) is 0.925. The molecule has 2 aliphatic heterocycles. The van der Waals surface area contributed by atoms with Crippen molar-refractivity contribution in [3.63, 3.8) is 0 Å². The van der Waals surface area contributed by atoms with Gasteiger partial charge in [0.15, 0.2) is 5.96 Å². The maximum absolute atomic E-state index is 11.6. The quantitative estimate of drug-likeness (QED) is 0.319. The Morgan fingerprint density at radius 1 is 1.27 bits per heavy atom. The number of likely N-dealkylation sites (N-methyl/N-ethyl adjacent to an activating group) is 1. The van der Waals surface area contributed by atoms with E-state index in [9.17, 15) is 4.79 Å². The highest BCUT2D eigenvalue weighted by Crippen LogP contribution is 2.19. The molecular weight excluding hydrogens is 395 g/mol. The molecule has 0 bridgehead atoms. The predicted molar refractivity (Wildman–Crippen MR) is 98.7 cm³/mol. The normalized spacial score (nSPS) is 24.0. The Hall–Kier alpha value is -0.570. The molecule has 7 heteroatoms. The molecule has 0 saturated carbocycles. The van der Waals surface area contributed by atoms with E-state index in [2.05, 4.69) is 27.2 Å². The van der Waals surface area contributed by atoms with E-state index in [1.807, 2.05) is 7.05 Å². The number of guanidine groups is 1. The van der Waals surface area contributed by atoms with Crippen molar-refractivity contribution >= 4 is 35.9 Å². The molecule has 1 N–H and O–H groups in total. The van der Waals surface area contributed by atoms with Gasteiger partial charge >= 0.3 is 5.97 Å². The van der Waals surface area contributed by atoms with E-state index in [1.165, 1.54) is 26.5 Å². The van der Waals surface area contributed by atoms with Gasteiger partial charge in [0.2, 0.25) is 0 Å². The second-order valence-corrected chi connectivity index (χ2v) is 5.99. The number of aliphatic imine (C=N–C) groups is 1. The number of carbonyl (C=O) groups excluding carboxylic acids is 1. The molecule has 0 radical (unpaired) electrons. The number of hydrogen-bond acceptors (Lipinski definition) is 4. The Kier molecular flexibility index (Phi) is 8.45. The van der Waals surface area contributed by atoms with Gasteiger partial charge in [-0.2, -0.15) is 0 Å². The molecule has 0 amide bonds. The van der Waals surface area contributed by atoms with Crippen LogP contribution in [0.5, 0.6) is 0 Å². The van der Waals surface area contributed by atoms with E-state index < -0.39 is 0 Å². The third-order valence-corrected chi connectivity index (χ3v) is 4.71. The molecular formula is C15H29IN4O2. The summed E-state index contributed by atoms with van der Waals surface area (Å²) in [6, 6.07) is 0.606. The molecule has 2 fully saturated rings. The number of nitrogens with zero attached hydrogens (tertiary/aromatic N) is 3. The molecule has 2 saturated heterocycles. The van der Waals surface area contributed by atoms with Gasteiger partial charge in [0.05, 0.1) is 13.0 Å². The summed E-state index contributed by atoms with van der Waals surface area (Å²) in [6.45, 7) is 3.86. The average Bonchev–Trinajstić information content (AvgIpc) is 2.93. The van der Waals surface area contributed by atoms with Crippen molar-refractivity contribution in [1.82, 2.24) is 15.1 Å². The van der Waals surface area contributed by atoms with Gasteiger partial charge in [0.1, 0.15) is 0 Å². The fourth-order valence-electron chi connectivity index (χ4n) is 3.27. The van der Waals surface area contributed by atoms with Crippen molar-refractivity contribution in [1.29, 1.82) is 0 Å². The van der Waals surface area contributed by atoms with E-state index >= 15 is 0 Å². The number of ether oxygens (including phenoxy) is 1. The average molecular weight is 424 g/mol. The lowest BCUT2D eigenvalue weighted by atomic mass is 9.97. The zero-order chi connectivity index (χ0) is 15.2. The maximum Gasteiger partial charge on any atom is 0.308 e. The number of likely N-dealkylation sites (tertiary alicyclic amines) is 2. The Bertz CT molecular complexity index is 384. The van der Waals surface area contributed by atoms with Crippen LogP contribution in [0.25, 0.3) is 0 Å². The molecule has 0 aliphatic carbocycles. The molecule has 0 aromatic carbocycles. The Morgan fingerprint density at radius 3 is 2.45 bits per heavy atom. The van der Waals surface area contributed by atoms with Crippen molar-refractivity contribution < 1.29 is 9.53 Å². The van der Waals surface area contributed by atoms with Crippen LogP contribution in [0.1, 0.15) is 25.7 Å². The van der Waals surface area contributed by atoms with E-state index in [0.29, 0.717) is 6.04 Å². The van der Waals surface area contributed by atoms with Gasteiger partial charge in [-0.15, -0.1) is 24.0 Å². The Labute approximate surface area is 150 Å². The van der Waals surface area contributed by atoms with Gasteiger partial charge in [0, 0.05) is 32.7 Å². The SMILES string of the molecule is CN=C(NCC1CCCN1C)N1CCC(C(=O)OC)CC1.I. The molecule has 0 spiro atoms. The summed E-state index contributed by atoms with van der Waals surface area (Å²) in [7, 11) is 5.48. The molecule has 22 heavy (non-hydrogen) atoms. The second-order valence-electron chi connectivity index (χ2n) is 5.99. The summed E-state index contributed by atoms with van der Waals surface area (Å²) < 4.78 is 4.83. The first-order valence-corrected chi connectivity index (χ1v) is 7.89. The first-order valence-electron chi connectivity index (χ1n) is 7.89. The second kappa shape index (κ2) is 9.54. The van der Waals surface area contributed by atoms with Gasteiger partial charge in [-0.05, 0) is 39.3 Å². The van der Waals surface area contributed by atoms with Crippen LogP contribution in [0.3, 0.4) is 0 Å². The van der Waals surface area contributed by atoms with Crippen molar-refractivity contribution in [3.05, 3.63) is 0 Å². The van der Waals surface area contributed by atoms with E-state index in [-0.39, 0.29) is 35.9 Å². The van der Waals surface area contributed by atoms with Crippen molar-refractivity contribution in [2.24, 2.45) is 10.9 Å². The minimum Gasteiger partial charge on any atom is -0.469 e. The summed E-state index contributed by atoms with van der Waals surface area (Å²) in [6.07, 6.45) is 4.23. The first kappa shape index (κ1) is 19.5. The molecule has 0 aromatic heterocycles. The van der Waals surface area contributed by atoms with Crippen molar-refractivity contribution in [2.75, 3.05) is 47.4 Å². The predicted octanol–water partition coefficient (Wildman–Crippen LogP) is 1.16. The highest BCUT2D eigenvalue weighted by Gasteiger charge is 2.27. The van der Waals surface area contributed by atoms with Crippen LogP contribution in [-0.2, 0) is 9.53 Å². The van der Waals surface area contributed by atoms with E-state index in [4.69, 9.17) is 4.74 Å². The lowest BCUT2D eigenvalue weighted by molar-refractivity contribution is -0.146. The van der Waals surface area contributed by atoms with Gasteiger partial charge in [-0.3, -0.25) is 9.79 Å². The summed E-state index contributed by atoms with van der Waals surface area (Å²) in [4.78, 5) is 20.6. The number of hydrogen-bond donors (Lipinski definition) is 1. The number of nitrogens with one attached hydrogen (secondary N) is 1. The topological polar surface area (TPSA) is 57.2 Å². The highest BCUT2D eigenvalue weighted by atomic mass is 127. The van der Waals surface area contributed by atoms with Crippen LogP contribution < -0.4 is 5.32 Å². The van der Waals surface area contributed by atoms with Gasteiger partial charge in [-0.25, -0.2) is 0 Å². The van der Waals surface area contributed by atoms with Gasteiger partial charge in [-0.1, -0.05) is 0 Å². The largest absolute Gasteiger partial charge is 0.469 e. The number of piperidine rings is 1. The molecule has 0 aromatic rings. The molecule has 1 atom stereocenters. The Morgan fingerprint density at radius 2 is 1.95 bits per heavy atom. The molecule has 2 heterocycles. The van der Waals surface area contributed by atoms with Crippen LogP contribution in [0.2, 0.25) is 0 Å². The fraction of sp³-hybridized carbons (Fsp3) is 0.867. The van der Waals surface area contributed by atoms with E-state index in [1.54, 1.807) is 0 Å². The summed E-state index contributed by atoms with van der Waals surface area (Å²) >= 11 is 0. The third kappa shape index (κ3) is 4.97. The minimum absolute atomic E-state index is 0. The fourth-order valence-corrected chi connectivity index (χ4v) is 3.27. The van der Waals surface area contributed by atoms with E-state index in [0.717, 1.165) is 38.4 Å². The van der Waals surface area contributed by atoms with Crippen molar-refractivity contribution in [3.8, 4) is 0 Å². The molecule has 1 unspecified atom stereocenters. The number of esters is 1. The number of halogens is 1. The smallest absolute Gasteiger partial charge is 0.308 e. The molecule has 2 aliphatic rings. The zero-order valence-corrected chi connectivity index (χ0v) is 16.2. The van der Waals surface area contributed by atoms with Crippen LogP contribution in [0, 0.1) is 5.92 Å². The lowest BCUT2D eigenvalue weighted by Gasteiger charge is -2.34. The number of methoxy groups -OCH3 is 1. The summed E-state index contributed by atoms with van der Waals surface area (Å²) in [5.41, 5.74) is 0. The van der Waals surface area contributed by atoms with Crippen LogP contribution >= 0.6 is 24.0 Å². The van der Waals surface area contributed by atoms with Gasteiger partial charge < -0.3 is 19.9 Å². The molecule has 6 nitrogen and oxygen atoms in total. The van der Waals surface area contributed by atoms with Gasteiger partial charge in [0.25, 0.3) is 0 Å². The number of carbonyl (C=O) groups is 1. The Balaban J connectivity index is 0.00000242. The van der Waals surface area contributed by atoms with Crippen molar-refractivity contribution in [2.45, 2.75) is 31.7 Å².